The average molecular weight is 336 g/mol. The van der Waals surface area contributed by atoms with E-state index in [9.17, 15) is 4.79 Å². The molecule has 0 radical (unpaired) electrons. The van der Waals surface area contributed by atoms with Crippen LogP contribution in [0.2, 0.25) is 0 Å². The maximum atomic E-state index is 12.4. The van der Waals surface area contributed by atoms with Crippen molar-refractivity contribution in [3.8, 4) is 0 Å². The Morgan fingerprint density at radius 1 is 1.28 bits per heavy atom. The molecule has 1 aliphatic rings. The van der Waals surface area contributed by atoms with E-state index >= 15 is 0 Å². The first-order valence-corrected chi connectivity index (χ1v) is 8.45. The number of nitrogens with one attached hydrogen (secondary N) is 1. The highest BCUT2D eigenvalue weighted by Gasteiger charge is 2.25. The van der Waals surface area contributed by atoms with Crippen LogP contribution < -0.4 is 10.2 Å². The van der Waals surface area contributed by atoms with Crippen LogP contribution in [0, 0.1) is 0 Å². The van der Waals surface area contributed by atoms with Gasteiger partial charge in [-0.3, -0.25) is 14.3 Å². The second-order valence-electron chi connectivity index (χ2n) is 6.32. The monoisotopic (exact) mass is 336 g/mol. The Balaban J connectivity index is 1.51. The SMILES string of the molecule is Cn1c(N2CCCC(NC(=O)c3cccnc3)C2)nc2cccnc21. The van der Waals surface area contributed by atoms with Gasteiger partial charge in [0.05, 0.1) is 5.56 Å². The summed E-state index contributed by atoms with van der Waals surface area (Å²) < 4.78 is 2.01. The molecular weight excluding hydrogens is 316 g/mol. The van der Waals surface area contributed by atoms with Gasteiger partial charge in [-0.15, -0.1) is 0 Å². The minimum Gasteiger partial charge on any atom is -0.347 e. The Hall–Kier alpha value is -2.96. The zero-order valence-corrected chi connectivity index (χ0v) is 14.1. The lowest BCUT2D eigenvalue weighted by molar-refractivity contribution is 0.0932. The maximum Gasteiger partial charge on any atom is 0.253 e. The van der Waals surface area contributed by atoms with Gasteiger partial charge in [0.2, 0.25) is 5.95 Å². The lowest BCUT2D eigenvalue weighted by Gasteiger charge is -2.33. The number of carbonyl (C=O) groups is 1. The molecule has 0 aromatic carbocycles. The lowest BCUT2D eigenvalue weighted by atomic mass is 10.1. The molecule has 1 unspecified atom stereocenters. The quantitative estimate of drug-likeness (QED) is 0.789. The smallest absolute Gasteiger partial charge is 0.253 e. The van der Waals surface area contributed by atoms with Crippen LogP contribution in [0.3, 0.4) is 0 Å². The number of imidazole rings is 1. The molecule has 3 aromatic rings. The van der Waals surface area contributed by atoms with E-state index in [1.807, 2.05) is 23.7 Å². The Morgan fingerprint density at radius 2 is 2.16 bits per heavy atom. The molecule has 1 amide bonds. The van der Waals surface area contributed by atoms with Crippen LogP contribution in [-0.2, 0) is 7.05 Å². The van der Waals surface area contributed by atoms with Crippen LogP contribution in [0.25, 0.3) is 11.2 Å². The minimum absolute atomic E-state index is 0.0772. The number of rotatable bonds is 3. The lowest BCUT2D eigenvalue weighted by Crippen LogP contribution is -2.48. The van der Waals surface area contributed by atoms with Gasteiger partial charge in [-0.1, -0.05) is 0 Å². The maximum absolute atomic E-state index is 12.4. The molecule has 3 aromatic heterocycles. The van der Waals surface area contributed by atoms with Gasteiger partial charge >= 0.3 is 0 Å². The summed E-state index contributed by atoms with van der Waals surface area (Å²) in [5.74, 6) is 0.820. The number of fused-ring (bicyclic) bond motifs is 1. The number of pyridine rings is 2. The first-order valence-electron chi connectivity index (χ1n) is 8.45. The van der Waals surface area contributed by atoms with E-state index in [2.05, 4.69) is 20.2 Å². The molecule has 4 rings (SSSR count). The van der Waals surface area contributed by atoms with E-state index in [1.165, 1.54) is 0 Å². The predicted octanol–water partition coefficient (Wildman–Crippen LogP) is 1.76. The van der Waals surface area contributed by atoms with Crippen molar-refractivity contribution in [3.63, 3.8) is 0 Å². The van der Waals surface area contributed by atoms with Crippen molar-refractivity contribution in [1.29, 1.82) is 0 Å². The van der Waals surface area contributed by atoms with Gasteiger partial charge in [0.15, 0.2) is 5.65 Å². The summed E-state index contributed by atoms with van der Waals surface area (Å²) in [6.45, 7) is 1.67. The van der Waals surface area contributed by atoms with Gasteiger partial charge in [0.25, 0.3) is 5.91 Å². The third-order valence-corrected chi connectivity index (χ3v) is 4.57. The number of piperidine rings is 1. The van der Waals surface area contributed by atoms with Gasteiger partial charge in [0.1, 0.15) is 5.52 Å². The van der Waals surface area contributed by atoms with Crippen molar-refractivity contribution in [2.24, 2.45) is 7.05 Å². The number of hydrogen-bond acceptors (Lipinski definition) is 5. The van der Waals surface area contributed by atoms with E-state index in [0.717, 1.165) is 43.0 Å². The zero-order chi connectivity index (χ0) is 17.2. The first kappa shape index (κ1) is 15.6. The molecule has 25 heavy (non-hydrogen) atoms. The standard InChI is InChI=1S/C18H20N6O/c1-23-16-15(7-3-9-20-16)22-18(23)24-10-4-6-14(12-24)21-17(25)13-5-2-8-19-11-13/h2-3,5,7-9,11,14H,4,6,10,12H2,1H3,(H,21,25). The number of carbonyl (C=O) groups excluding carboxylic acids is 1. The average Bonchev–Trinajstić information content (AvgIpc) is 3.00. The topological polar surface area (TPSA) is 75.9 Å². The minimum atomic E-state index is -0.0772. The van der Waals surface area contributed by atoms with E-state index in [-0.39, 0.29) is 11.9 Å². The molecule has 0 bridgehead atoms. The van der Waals surface area contributed by atoms with Crippen LogP contribution in [0.4, 0.5) is 5.95 Å². The Morgan fingerprint density at radius 3 is 2.96 bits per heavy atom. The van der Waals surface area contributed by atoms with Gasteiger partial charge in [0, 0.05) is 44.8 Å². The van der Waals surface area contributed by atoms with Gasteiger partial charge in [-0.05, 0) is 37.1 Å². The number of anilines is 1. The largest absolute Gasteiger partial charge is 0.347 e. The molecule has 1 atom stereocenters. The van der Waals surface area contributed by atoms with Crippen LogP contribution in [0.1, 0.15) is 23.2 Å². The normalized spacial score (nSPS) is 17.6. The summed E-state index contributed by atoms with van der Waals surface area (Å²) in [5, 5.41) is 3.11. The highest BCUT2D eigenvalue weighted by atomic mass is 16.1. The third kappa shape index (κ3) is 3.05. The van der Waals surface area contributed by atoms with Gasteiger partial charge in [-0.25, -0.2) is 9.97 Å². The van der Waals surface area contributed by atoms with E-state index in [1.54, 1.807) is 30.7 Å². The molecule has 1 saturated heterocycles. The molecular formula is C18H20N6O. The molecule has 1 N–H and O–H groups in total. The van der Waals surface area contributed by atoms with Crippen LogP contribution in [0.15, 0.2) is 42.9 Å². The van der Waals surface area contributed by atoms with Gasteiger partial charge < -0.3 is 10.2 Å². The van der Waals surface area contributed by atoms with E-state index in [0.29, 0.717) is 5.56 Å². The number of aryl methyl sites for hydroxylation is 1. The molecule has 128 valence electrons. The third-order valence-electron chi connectivity index (χ3n) is 4.57. The van der Waals surface area contributed by atoms with Gasteiger partial charge in [-0.2, -0.15) is 0 Å². The summed E-state index contributed by atoms with van der Waals surface area (Å²) in [4.78, 5) is 27.7. The van der Waals surface area contributed by atoms with Crippen LogP contribution in [0.5, 0.6) is 0 Å². The van der Waals surface area contributed by atoms with Crippen molar-refractivity contribution in [2.75, 3.05) is 18.0 Å². The highest BCUT2D eigenvalue weighted by molar-refractivity contribution is 5.94. The van der Waals surface area contributed by atoms with Crippen LogP contribution in [-0.4, -0.2) is 44.6 Å². The Bertz CT molecular complexity index is 891. The molecule has 1 aliphatic heterocycles. The zero-order valence-electron chi connectivity index (χ0n) is 14.1. The molecule has 4 heterocycles. The number of amides is 1. The van der Waals surface area contributed by atoms with E-state index in [4.69, 9.17) is 4.98 Å². The second kappa shape index (κ2) is 6.51. The summed E-state index contributed by atoms with van der Waals surface area (Å²) in [6, 6.07) is 7.51. The molecule has 0 saturated carbocycles. The van der Waals surface area contributed by atoms with E-state index < -0.39 is 0 Å². The van der Waals surface area contributed by atoms with Crippen LogP contribution >= 0.6 is 0 Å². The van der Waals surface area contributed by atoms with Crippen molar-refractivity contribution < 1.29 is 4.79 Å². The summed E-state index contributed by atoms with van der Waals surface area (Å²) >= 11 is 0. The number of nitrogens with zero attached hydrogens (tertiary/aromatic N) is 5. The Kier molecular flexibility index (Phi) is 4.05. The highest BCUT2D eigenvalue weighted by Crippen LogP contribution is 2.22. The second-order valence-corrected chi connectivity index (χ2v) is 6.32. The number of hydrogen-bond donors (Lipinski definition) is 1. The summed E-state index contributed by atoms with van der Waals surface area (Å²) in [5.41, 5.74) is 2.35. The predicted molar refractivity (Wildman–Crippen MR) is 95.4 cm³/mol. The Labute approximate surface area is 145 Å². The van der Waals surface area contributed by atoms with Crippen molar-refractivity contribution in [2.45, 2.75) is 18.9 Å². The molecule has 7 nitrogen and oxygen atoms in total. The first-order chi connectivity index (χ1) is 12.2. The molecule has 1 fully saturated rings. The fourth-order valence-electron chi connectivity index (χ4n) is 3.34. The van der Waals surface area contributed by atoms with Crippen molar-refractivity contribution in [1.82, 2.24) is 24.8 Å². The summed E-state index contributed by atoms with van der Waals surface area (Å²) in [6.07, 6.45) is 7.01. The van der Waals surface area contributed by atoms with Crippen molar-refractivity contribution in [3.05, 3.63) is 48.4 Å². The molecule has 7 heteroatoms. The summed E-state index contributed by atoms with van der Waals surface area (Å²) in [7, 11) is 1.98. The molecule has 0 spiro atoms. The fourth-order valence-corrected chi connectivity index (χ4v) is 3.34. The van der Waals surface area contributed by atoms with Crippen molar-refractivity contribution >= 4 is 23.0 Å². The fraction of sp³-hybridized carbons (Fsp3) is 0.333. The molecule has 0 aliphatic carbocycles. The number of aromatic nitrogens is 4.